The van der Waals surface area contributed by atoms with Crippen LogP contribution in [0.25, 0.3) is 0 Å². The highest BCUT2D eigenvalue weighted by Gasteiger charge is 2.34. The highest BCUT2D eigenvalue weighted by atomic mass is 16.7. The summed E-state index contributed by atoms with van der Waals surface area (Å²) in [5, 5.41) is 11.4. The first-order chi connectivity index (χ1) is 11.4. The number of hydroxylamine groups is 1. The number of nitrogens with zero attached hydrogens (tertiary/aromatic N) is 3. The lowest BCUT2D eigenvalue weighted by Gasteiger charge is -2.35. The van der Waals surface area contributed by atoms with Gasteiger partial charge in [-0.2, -0.15) is 5.26 Å². The monoisotopic (exact) mass is 327 g/mol. The van der Waals surface area contributed by atoms with Crippen LogP contribution in [-0.4, -0.2) is 23.9 Å². The van der Waals surface area contributed by atoms with Crippen LogP contribution in [0.15, 0.2) is 6.07 Å². The van der Waals surface area contributed by atoms with Crippen LogP contribution in [0.2, 0.25) is 0 Å². The Hall–Kier alpha value is -1.93. The normalized spacial score (nSPS) is 20.3. The Labute approximate surface area is 143 Å². The number of carbonyl (C=O) groups is 1. The zero-order valence-electron chi connectivity index (χ0n) is 14.8. The summed E-state index contributed by atoms with van der Waals surface area (Å²) < 4.78 is 0. The first-order valence-corrected chi connectivity index (χ1v) is 8.76. The molecule has 24 heavy (non-hydrogen) atoms. The molecule has 0 saturated heterocycles. The smallest absolute Gasteiger partial charge is 0.171 e. The van der Waals surface area contributed by atoms with Crippen molar-refractivity contribution in [3.8, 4) is 6.07 Å². The predicted octanol–water partition coefficient (Wildman–Crippen LogP) is 3.81. The SMILES string of the molecule is CON(c1nc2c(cc1C#N)C(=O)CC(C)(C)C2)C1CCCCC1. The fraction of sp³-hybridized carbons (Fsp3) is 0.632. The summed E-state index contributed by atoms with van der Waals surface area (Å²) in [6, 6.07) is 4.16. The number of carbonyl (C=O) groups excluding carboxylic acids is 1. The molecule has 0 N–H and O–H groups in total. The second kappa shape index (κ2) is 6.52. The van der Waals surface area contributed by atoms with Crippen LogP contribution in [0.1, 0.15) is 74.0 Å². The number of aromatic nitrogens is 1. The van der Waals surface area contributed by atoms with Gasteiger partial charge in [0.1, 0.15) is 6.07 Å². The molecule has 0 radical (unpaired) electrons. The third kappa shape index (κ3) is 3.16. The van der Waals surface area contributed by atoms with Crippen molar-refractivity contribution < 1.29 is 9.63 Å². The molecular weight excluding hydrogens is 302 g/mol. The van der Waals surface area contributed by atoms with E-state index in [0.717, 1.165) is 25.0 Å². The number of nitriles is 1. The van der Waals surface area contributed by atoms with Crippen LogP contribution < -0.4 is 5.06 Å². The standard InChI is InChI=1S/C19H25N3O2/c1-19(2)10-16-15(17(23)11-19)9-13(12-20)18(21-16)22(24-3)14-7-5-4-6-8-14/h9,14H,4-8,10-11H2,1-3H3. The third-order valence-corrected chi connectivity index (χ3v) is 5.10. The molecule has 0 aromatic carbocycles. The van der Waals surface area contributed by atoms with Crippen LogP contribution in [0.5, 0.6) is 0 Å². The van der Waals surface area contributed by atoms with Gasteiger partial charge in [-0.15, -0.1) is 0 Å². The Bertz CT molecular complexity index is 685. The van der Waals surface area contributed by atoms with Crippen molar-refractivity contribution in [2.24, 2.45) is 5.41 Å². The zero-order valence-corrected chi connectivity index (χ0v) is 14.8. The molecule has 1 aromatic rings. The lowest BCUT2D eigenvalue weighted by Crippen LogP contribution is -2.38. The molecule has 0 unspecified atom stereocenters. The number of hydrogen-bond acceptors (Lipinski definition) is 5. The average Bonchev–Trinajstić information content (AvgIpc) is 2.55. The van der Waals surface area contributed by atoms with Gasteiger partial charge in [0.25, 0.3) is 0 Å². The molecular formula is C19H25N3O2. The van der Waals surface area contributed by atoms with Gasteiger partial charge in [0.05, 0.1) is 24.4 Å². The molecule has 2 aliphatic rings. The van der Waals surface area contributed by atoms with Crippen molar-refractivity contribution in [2.75, 3.05) is 12.2 Å². The lowest BCUT2D eigenvalue weighted by molar-refractivity contribution is 0.0909. The summed E-state index contributed by atoms with van der Waals surface area (Å²) in [6.07, 6.45) is 6.92. The molecule has 2 aliphatic carbocycles. The number of pyridine rings is 1. The number of ketones is 1. The van der Waals surface area contributed by atoms with Gasteiger partial charge in [-0.05, 0) is 30.7 Å². The second-order valence-electron chi connectivity index (χ2n) is 7.71. The summed E-state index contributed by atoms with van der Waals surface area (Å²) in [5.41, 5.74) is 1.73. The van der Waals surface area contributed by atoms with E-state index in [2.05, 4.69) is 19.9 Å². The molecule has 128 valence electrons. The molecule has 0 amide bonds. The molecule has 0 atom stereocenters. The Balaban J connectivity index is 2.04. The van der Waals surface area contributed by atoms with Crippen LogP contribution in [0.4, 0.5) is 5.82 Å². The topological polar surface area (TPSA) is 66.2 Å². The van der Waals surface area contributed by atoms with E-state index in [1.807, 2.05) is 0 Å². The second-order valence-corrected chi connectivity index (χ2v) is 7.71. The Morgan fingerprint density at radius 2 is 2.00 bits per heavy atom. The maximum atomic E-state index is 12.4. The molecule has 5 heteroatoms. The van der Waals surface area contributed by atoms with E-state index in [4.69, 9.17) is 9.82 Å². The van der Waals surface area contributed by atoms with E-state index in [0.29, 0.717) is 23.4 Å². The molecule has 0 spiro atoms. The van der Waals surface area contributed by atoms with Gasteiger partial charge >= 0.3 is 0 Å². The highest BCUT2D eigenvalue weighted by molar-refractivity contribution is 5.99. The van der Waals surface area contributed by atoms with Gasteiger partial charge < -0.3 is 0 Å². The molecule has 0 aliphatic heterocycles. The van der Waals surface area contributed by atoms with E-state index in [1.54, 1.807) is 18.2 Å². The van der Waals surface area contributed by atoms with E-state index in [1.165, 1.54) is 19.3 Å². The fourth-order valence-corrected chi connectivity index (χ4v) is 3.94. The van der Waals surface area contributed by atoms with Gasteiger partial charge in [0, 0.05) is 12.0 Å². The minimum atomic E-state index is -0.0920. The van der Waals surface area contributed by atoms with Crippen molar-refractivity contribution in [2.45, 2.75) is 64.8 Å². The molecule has 5 nitrogen and oxygen atoms in total. The highest BCUT2D eigenvalue weighted by Crippen LogP contribution is 2.37. The summed E-state index contributed by atoms with van der Waals surface area (Å²) in [7, 11) is 1.63. The van der Waals surface area contributed by atoms with Crippen molar-refractivity contribution in [3.63, 3.8) is 0 Å². The summed E-state index contributed by atoms with van der Waals surface area (Å²) >= 11 is 0. The van der Waals surface area contributed by atoms with Gasteiger partial charge in [0.2, 0.25) is 0 Å². The quantitative estimate of drug-likeness (QED) is 0.790. The first-order valence-electron chi connectivity index (χ1n) is 8.76. The number of anilines is 1. The minimum absolute atomic E-state index is 0.0819. The summed E-state index contributed by atoms with van der Waals surface area (Å²) in [4.78, 5) is 22.8. The number of rotatable bonds is 3. The summed E-state index contributed by atoms with van der Waals surface area (Å²) in [5.74, 6) is 0.648. The van der Waals surface area contributed by atoms with Gasteiger partial charge in [-0.3, -0.25) is 9.63 Å². The molecule has 1 saturated carbocycles. The number of fused-ring (bicyclic) bond motifs is 1. The maximum absolute atomic E-state index is 12.4. The van der Waals surface area contributed by atoms with Gasteiger partial charge in [-0.25, -0.2) is 10.0 Å². The molecule has 1 fully saturated rings. The molecule has 0 bridgehead atoms. The average molecular weight is 327 g/mol. The molecule has 1 heterocycles. The maximum Gasteiger partial charge on any atom is 0.171 e. The molecule has 1 aromatic heterocycles. The van der Waals surface area contributed by atoms with Gasteiger partial charge in [0.15, 0.2) is 11.6 Å². The fourth-order valence-electron chi connectivity index (χ4n) is 3.94. The van der Waals surface area contributed by atoms with E-state index >= 15 is 0 Å². The minimum Gasteiger partial charge on any atom is -0.294 e. The van der Waals surface area contributed by atoms with Crippen LogP contribution >= 0.6 is 0 Å². The van der Waals surface area contributed by atoms with Crippen molar-refractivity contribution in [1.82, 2.24) is 4.98 Å². The van der Waals surface area contributed by atoms with Crippen LogP contribution in [-0.2, 0) is 11.3 Å². The number of hydrogen-bond donors (Lipinski definition) is 0. The zero-order chi connectivity index (χ0) is 17.3. The Morgan fingerprint density at radius 1 is 1.29 bits per heavy atom. The van der Waals surface area contributed by atoms with E-state index in [-0.39, 0.29) is 17.2 Å². The van der Waals surface area contributed by atoms with Crippen molar-refractivity contribution in [3.05, 3.63) is 22.9 Å². The van der Waals surface area contributed by atoms with Crippen LogP contribution in [0.3, 0.4) is 0 Å². The number of Topliss-reactive ketones (excluding diaryl/α,β-unsaturated/α-hetero) is 1. The first kappa shape index (κ1) is 16.9. The van der Waals surface area contributed by atoms with E-state index < -0.39 is 0 Å². The largest absolute Gasteiger partial charge is 0.294 e. The lowest BCUT2D eigenvalue weighted by atomic mass is 9.75. The predicted molar refractivity (Wildman–Crippen MR) is 91.7 cm³/mol. The summed E-state index contributed by atoms with van der Waals surface area (Å²) in [6.45, 7) is 4.17. The van der Waals surface area contributed by atoms with Crippen LogP contribution in [0, 0.1) is 16.7 Å². The van der Waals surface area contributed by atoms with Gasteiger partial charge in [-0.1, -0.05) is 33.1 Å². The third-order valence-electron chi connectivity index (χ3n) is 5.10. The van der Waals surface area contributed by atoms with Crippen molar-refractivity contribution in [1.29, 1.82) is 5.26 Å². The Kier molecular flexibility index (Phi) is 4.60. The Morgan fingerprint density at radius 3 is 2.62 bits per heavy atom. The molecule has 3 rings (SSSR count). The van der Waals surface area contributed by atoms with Crippen molar-refractivity contribution >= 4 is 11.6 Å². The van der Waals surface area contributed by atoms with E-state index in [9.17, 15) is 10.1 Å².